The van der Waals surface area contributed by atoms with E-state index in [0.29, 0.717) is 11.4 Å². The summed E-state index contributed by atoms with van der Waals surface area (Å²) in [6.07, 6.45) is -5.20. The molecule has 0 radical (unpaired) electrons. The number of hydrogen-bond acceptors (Lipinski definition) is 3. The van der Waals surface area contributed by atoms with Crippen molar-refractivity contribution in [1.82, 2.24) is 0 Å². The number of ether oxygens (including phenoxy) is 1. The summed E-state index contributed by atoms with van der Waals surface area (Å²) in [6, 6.07) is 4.35. The molecular formula is C9H11F3N2O. The Bertz CT molecular complexity index is 339. The van der Waals surface area contributed by atoms with Crippen LogP contribution in [-0.2, 0) is 0 Å². The van der Waals surface area contributed by atoms with Gasteiger partial charge < -0.3 is 16.2 Å². The van der Waals surface area contributed by atoms with Gasteiger partial charge in [0.05, 0.1) is 24.4 Å². The fourth-order valence-corrected chi connectivity index (χ4v) is 0.927. The molecule has 0 spiro atoms. The van der Waals surface area contributed by atoms with Gasteiger partial charge in [0.1, 0.15) is 5.75 Å². The lowest BCUT2D eigenvalue weighted by molar-refractivity contribution is -0.139. The number of anilines is 2. The van der Waals surface area contributed by atoms with Gasteiger partial charge in [0.15, 0.2) is 0 Å². The van der Waals surface area contributed by atoms with E-state index >= 15 is 0 Å². The lowest BCUT2D eigenvalue weighted by Gasteiger charge is -2.09. The van der Waals surface area contributed by atoms with Gasteiger partial charge in [-0.25, -0.2) is 0 Å². The monoisotopic (exact) mass is 220 g/mol. The average molecular weight is 220 g/mol. The van der Waals surface area contributed by atoms with Crippen molar-refractivity contribution in [2.24, 2.45) is 0 Å². The Morgan fingerprint density at radius 2 is 1.80 bits per heavy atom. The van der Waals surface area contributed by atoms with Crippen LogP contribution in [0.5, 0.6) is 5.75 Å². The van der Waals surface area contributed by atoms with Crippen molar-refractivity contribution in [2.75, 3.05) is 18.1 Å². The Morgan fingerprint density at radius 1 is 1.13 bits per heavy atom. The highest BCUT2D eigenvalue weighted by molar-refractivity contribution is 5.65. The second kappa shape index (κ2) is 4.29. The summed E-state index contributed by atoms with van der Waals surface area (Å²) in [5.41, 5.74) is 11.5. The second-order valence-electron chi connectivity index (χ2n) is 3.00. The lowest BCUT2D eigenvalue weighted by Crippen LogP contribution is -2.13. The SMILES string of the molecule is Nc1ccc(OCCC(F)(F)F)cc1N. The fourth-order valence-electron chi connectivity index (χ4n) is 0.927. The Balaban J connectivity index is 2.48. The number of nitrogens with two attached hydrogens (primary N) is 2. The van der Waals surface area contributed by atoms with Crippen LogP contribution >= 0.6 is 0 Å². The molecule has 0 aliphatic rings. The Hall–Kier alpha value is -1.59. The van der Waals surface area contributed by atoms with Crippen LogP contribution in [-0.4, -0.2) is 12.8 Å². The Kier molecular flexibility index (Phi) is 3.28. The molecule has 0 heterocycles. The minimum Gasteiger partial charge on any atom is -0.493 e. The number of nitrogen functional groups attached to an aromatic ring is 2. The van der Waals surface area contributed by atoms with Crippen LogP contribution < -0.4 is 16.2 Å². The van der Waals surface area contributed by atoms with E-state index in [1.54, 1.807) is 0 Å². The summed E-state index contributed by atoms with van der Waals surface area (Å²) in [4.78, 5) is 0. The first-order valence-electron chi connectivity index (χ1n) is 4.23. The van der Waals surface area contributed by atoms with Crippen LogP contribution in [0, 0.1) is 0 Å². The molecule has 6 heteroatoms. The molecule has 0 unspecified atom stereocenters. The van der Waals surface area contributed by atoms with Gasteiger partial charge in [-0.2, -0.15) is 13.2 Å². The first-order chi connectivity index (χ1) is 6.88. The molecule has 0 saturated heterocycles. The molecule has 0 aliphatic heterocycles. The van der Waals surface area contributed by atoms with Crippen LogP contribution in [0.4, 0.5) is 24.5 Å². The molecule has 0 atom stereocenters. The molecule has 15 heavy (non-hydrogen) atoms. The maximum absolute atomic E-state index is 11.8. The zero-order chi connectivity index (χ0) is 11.5. The lowest BCUT2D eigenvalue weighted by atomic mass is 10.2. The van der Waals surface area contributed by atoms with Crippen molar-refractivity contribution in [3.63, 3.8) is 0 Å². The molecule has 1 aromatic carbocycles. The van der Waals surface area contributed by atoms with E-state index in [9.17, 15) is 13.2 Å². The maximum Gasteiger partial charge on any atom is 0.392 e. The molecule has 0 fully saturated rings. The number of benzene rings is 1. The van der Waals surface area contributed by atoms with Crippen LogP contribution in [0.1, 0.15) is 6.42 Å². The summed E-state index contributed by atoms with van der Waals surface area (Å²) in [7, 11) is 0. The van der Waals surface area contributed by atoms with Gasteiger partial charge in [-0.1, -0.05) is 0 Å². The van der Waals surface area contributed by atoms with E-state index in [2.05, 4.69) is 0 Å². The van der Waals surface area contributed by atoms with Crippen LogP contribution in [0.15, 0.2) is 18.2 Å². The van der Waals surface area contributed by atoms with Gasteiger partial charge in [0.2, 0.25) is 0 Å². The van der Waals surface area contributed by atoms with E-state index < -0.39 is 19.2 Å². The van der Waals surface area contributed by atoms with Crippen molar-refractivity contribution in [3.05, 3.63) is 18.2 Å². The molecule has 0 saturated carbocycles. The second-order valence-corrected chi connectivity index (χ2v) is 3.00. The van der Waals surface area contributed by atoms with Crippen LogP contribution in [0.25, 0.3) is 0 Å². The zero-order valence-electron chi connectivity index (χ0n) is 7.84. The first-order valence-corrected chi connectivity index (χ1v) is 4.23. The minimum absolute atomic E-state index is 0.283. The highest BCUT2D eigenvalue weighted by Gasteiger charge is 2.26. The van der Waals surface area contributed by atoms with E-state index in [-0.39, 0.29) is 5.75 Å². The maximum atomic E-state index is 11.8. The van der Waals surface area contributed by atoms with E-state index in [4.69, 9.17) is 16.2 Å². The fraction of sp³-hybridized carbons (Fsp3) is 0.333. The third kappa shape index (κ3) is 3.97. The van der Waals surface area contributed by atoms with Gasteiger partial charge in [-0.15, -0.1) is 0 Å². The first kappa shape index (κ1) is 11.5. The Labute approximate surface area is 84.8 Å². The van der Waals surface area contributed by atoms with Crippen molar-refractivity contribution < 1.29 is 17.9 Å². The minimum atomic E-state index is -4.21. The summed E-state index contributed by atoms with van der Waals surface area (Å²) < 4.78 is 40.2. The van der Waals surface area contributed by atoms with E-state index in [0.717, 1.165) is 0 Å². The van der Waals surface area contributed by atoms with Gasteiger partial charge in [-0.3, -0.25) is 0 Å². The number of hydrogen-bond donors (Lipinski definition) is 2. The Morgan fingerprint density at radius 3 is 2.33 bits per heavy atom. The molecule has 4 N–H and O–H groups in total. The van der Waals surface area contributed by atoms with Crippen molar-refractivity contribution in [3.8, 4) is 5.75 Å². The van der Waals surface area contributed by atoms with Gasteiger partial charge in [0, 0.05) is 6.07 Å². The van der Waals surface area contributed by atoms with Gasteiger partial charge in [-0.05, 0) is 12.1 Å². The normalized spacial score (nSPS) is 11.4. The summed E-state index contributed by atoms with van der Waals surface area (Å²) in [5, 5.41) is 0. The molecule has 84 valence electrons. The van der Waals surface area contributed by atoms with Crippen LogP contribution in [0.3, 0.4) is 0 Å². The van der Waals surface area contributed by atoms with E-state index in [1.807, 2.05) is 0 Å². The predicted molar refractivity (Wildman–Crippen MR) is 51.4 cm³/mol. The summed E-state index contributed by atoms with van der Waals surface area (Å²) >= 11 is 0. The largest absolute Gasteiger partial charge is 0.493 e. The predicted octanol–water partition coefficient (Wildman–Crippen LogP) is 2.18. The molecule has 0 aromatic heterocycles. The third-order valence-corrected chi connectivity index (χ3v) is 1.71. The molecule has 0 amide bonds. The molecule has 3 nitrogen and oxygen atoms in total. The van der Waals surface area contributed by atoms with Crippen molar-refractivity contribution in [2.45, 2.75) is 12.6 Å². The van der Waals surface area contributed by atoms with Crippen molar-refractivity contribution >= 4 is 11.4 Å². The average Bonchev–Trinajstić information content (AvgIpc) is 2.09. The topological polar surface area (TPSA) is 61.3 Å². The molecular weight excluding hydrogens is 209 g/mol. The van der Waals surface area contributed by atoms with Gasteiger partial charge in [0.25, 0.3) is 0 Å². The number of alkyl halides is 3. The van der Waals surface area contributed by atoms with Crippen molar-refractivity contribution in [1.29, 1.82) is 0 Å². The zero-order valence-corrected chi connectivity index (χ0v) is 7.84. The highest BCUT2D eigenvalue weighted by Crippen LogP contribution is 2.23. The summed E-state index contributed by atoms with van der Waals surface area (Å²) in [5.74, 6) is 0.283. The smallest absolute Gasteiger partial charge is 0.392 e. The third-order valence-electron chi connectivity index (χ3n) is 1.71. The molecule has 1 rings (SSSR count). The van der Waals surface area contributed by atoms with E-state index in [1.165, 1.54) is 18.2 Å². The molecule has 1 aromatic rings. The quantitative estimate of drug-likeness (QED) is 0.767. The standard InChI is InChI=1S/C9H11F3N2O/c10-9(11,12)3-4-15-6-1-2-7(13)8(14)5-6/h1-2,5H,3-4,13-14H2. The number of halogens is 3. The van der Waals surface area contributed by atoms with Crippen LogP contribution in [0.2, 0.25) is 0 Å². The molecule has 0 aliphatic carbocycles. The highest BCUT2D eigenvalue weighted by atomic mass is 19.4. The van der Waals surface area contributed by atoms with Gasteiger partial charge >= 0.3 is 6.18 Å². The summed E-state index contributed by atoms with van der Waals surface area (Å²) in [6.45, 7) is -0.424. The molecule has 0 bridgehead atoms. The number of rotatable bonds is 3.